The Morgan fingerprint density at radius 1 is 1.04 bits per heavy atom. The highest BCUT2D eigenvalue weighted by Gasteiger charge is 2.17. The lowest BCUT2D eigenvalue weighted by Gasteiger charge is -2.11. The Balaban J connectivity index is 1.68. The highest BCUT2D eigenvalue weighted by molar-refractivity contribution is 6.00. The summed E-state index contributed by atoms with van der Waals surface area (Å²) in [6.07, 6.45) is 0. The molecule has 0 aliphatic rings. The SMILES string of the molecule is COc1cc2ccccc2cc1C(=O)OCC(=O)Nc1cccc([N+](=O)[O-])c1. The van der Waals surface area contributed by atoms with Crippen LogP contribution in [0.5, 0.6) is 5.75 Å². The third kappa shape index (κ3) is 4.24. The van der Waals surface area contributed by atoms with E-state index >= 15 is 0 Å². The molecule has 0 unspecified atom stereocenters. The van der Waals surface area contributed by atoms with Gasteiger partial charge in [0.05, 0.1) is 12.0 Å². The van der Waals surface area contributed by atoms with Gasteiger partial charge in [0.1, 0.15) is 11.3 Å². The molecule has 0 fully saturated rings. The van der Waals surface area contributed by atoms with Crippen molar-refractivity contribution in [2.75, 3.05) is 19.0 Å². The summed E-state index contributed by atoms with van der Waals surface area (Å²) in [6.45, 7) is -0.544. The average Bonchev–Trinajstić information content (AvgIpc) is 2.71. The second-order valence-electron chi connectivity index (χ2n) is 5.83. The second kappa shape index (κ2) is 8.17. The summed E-state index contributed by atoms with van der Waals surface area (Å²) in [4.78, 5) is 34.6. The molecule has 3 aromatic rings. The van der Waals surface area contributed by atoms with Crippen molar-refractivity contribution in [2.24, 2.45) is 0 Å². The number of fused-ring (bicyclic) bond motifs is 1. The summed E-state index contributed by atoms with van der Waals surface area (Å²) in [5.74, 6) is -0.992. The molecule has 8 heteroatoms. The van der Waals surface area contributed by atoms with Crippen LogP contribution in [-0.2, 0) is 9.53 Å². The van der Waals surface area contributed by atoms with E-state index < -0.39 is 23.4 Å². The fourth-order valence-corrected chi connectivity index (χ4v) is 2.65. The van der Waals surface area contributed by atoms with Crippen LogP contribution in [0.25, 0.3) is 10.8 Å². The predicted octanol–water partition coefficient (Wildman–Crippen LogP) is 3.55. The number of methoxy groups -OCH3 is 1. The Hall–Kier alpha value is -3.94. The number of ether oxygens (including phenoxy) is 2. The van der Waals surface area contributed by atoms with Gasteiger partial charge in [-0.25, -0.2) is 4.79 Å². The van der Waals surface area contributed by atoms with Gasteiger partial charge in [0, 0.05) is 17.8 Å². The van der Waals surface area contributed by atoms with Crippen molar-refractivity contribution >= 4 is 34.0 Å². The minimum absolute atomic E-state index is 0.157. The summed E-state index contributed by atoms with van der Waals surface area (Å²) >= 11 is 0. The number of esters is 1. The number of carbonyl (C=O) groups is 2. The quantitative estimate of drug-likeness (QED) is 0.398. The number of nitro benzene ring substituents is 1. The minimum atomic E-state index is -0.711. The average molecular weight is 380 g/mol. The van der Waals surface area contributed by atoms with Crippen LogP contribution in [0.15, 0.2) is 60.7 Å². The van der Waals surface area contributed by atoms with E-state index in [2.05, 4.69) is 5.32 Å². The van der Waals surface area contributed by atoms with E-state index in [9.17, 15) is 19.7 Å². The van der Waals surface area contributed by atoms with E-state index in [1.807, 2.05) is 24.3 Å². The van der Waals surface area contributed by atoms with Gasteiger partial charge in [-0.15, -0.1) is 0 Å². The monoisotopic (exact) mass is 380 g/mol. The van der Waals surface area contributed by atoms with Gasteiger partial charge in [-0.1, -0.05) is 30.3 Å². The van der Waals surface area contributed by atoms with Crippen LogP contribution in [0.3, 0.4) is 0 Å². The smallest absolute Gasteiger partial charge is 0.342 e. The molecule has 1 N–H and O–H groups in total. The number of amides is 1. The van der Waals surface area contributed by atoms with Crippen LogP contribution in [0.4, 0.5) is 11.4 Å². The number of nitro groups is 1. The molecule has 0 radical (unpaired) electrons. The molecule has 8 nitrogen and oxygen atoms in total. The highest BCUT2D eigenvalue weighted by Crippen LogP contribution is 2.26. The topological polar surface area (TPSA) is 108 Å². The predicted molar refractivity (Wildman–Crippen MR) is 103 cm³/mol. The highest BCUT2D eigenvalue weighted by atomic mass is 16.6. The molecule has 28 heavy (non-hydrogen) atoms. The normalized spacial score (nSPS) is 10.3. The Morgan fingerprint density at radius 2 is 1.75 bits per heavy atom. The van der Waals surface area contributed by atoms with E-state index in [1.54, 1.807) is 12.1 Å². The Labute approximate surface area is 159 Å². The summed E-state index contributed by atoms with van der Waals surface area (Å²) < 4.78 is 10.3. The van der Waals surface area contributed by atoms with Crippen LogP contribution >= 0.6 is 0 Å². The van der Waals surface area contributed by atoms with Crippen LogP contribution in [0.1, 0.15) is 10.4 Å². The molecule has 0 heterocycles. The van der Waals surface area contributed by atoms with Crippen molar-refractivity contribution in [3.05, 3.63) is 76.3 Å². The molecule has 0 aliphatic heterocycles. The van der Waals surface area contributed by atoms with Gasteiger partial charge >= 0.3 is 5.97 Å². The third-order valence-corrected chi connectivity index (χ3v) is 3.96. The van der Waals surface area contributed by atoms with E-state index in [0.29, 0.717) is 5.75 Å². The minimum Gasteiger partial charge on any atom is -0.496 e. The van der Waals surface area contributed by atoms with Gasteiger partial charge in [0.25, 0.3) is 11.6 Å². The van der Waals surface area contributed by atoms with Gasteiger partial charge in [-0.2, -0.15) is 0 Å². The molecule has 0 atom stereocenters. The molecule has 0 aliphatic carbocycles. The first-order chi connectivity index (χ1) is 13.5. The number of non-ortho nitro benzene ring substituents is 1. The van der Waals surface area contributed by atoms with Gasteiger partial charge in [0.15, 0.2) is 6.61 Å². The zero-order valence-electron chi connectivity index (χ0n) is 14.9. The zero-order chi connectivity index (χ0) is 20.1. The molecule has 0 spiro atoms. The van der Waals surface area contributed by atoms with Crippen molar-refractivity contribution in [1.82, 2.24) is 0 Å². The fourth-order valence-electron chi connectivity index (χ4n) is 2.65. The molecule has 1 amide bonds. The number of anilines is 1. The van der Waals surface area contributed by atoms with Crippen LogP contribution in [0, 0.1) is 10.1 Å². The molecule has 0 aromatic heterocycles. The van der Waals surface area contributed by atoms with E-state index in [0.717, 1.165) is 10.8 Å². The third-order valence-electron chi connectivity index (χ3n) is 3.96. The first kappa shape index (κ1) is 18.8. The van der Waals surface area contributed by atoms with Crippen molar-refractivity contribution in [3.63, 3.8) is 0 Å². The lowest BCUT2D eigenvalue weighted by atomic mass is 10.1. The molecular weight excluding hydrogens is 364 g/mol. The maximum absolute atomic E-state index is 12.4. The summed E-state index contributed by atoms with van der Waals surface area (Å²) in [5.41, 5.74) is 0.276. The number of benzene rings is 3. The number of hydrogen-bond donors (Lipinski definition) is 1. The van der Waals surface area contributed by atoms with Crippen molar-refractivity contribution in [1.29, 1.82) is 0 Å². The lowest BCUT2D eigenvalue weighted by molar-refractivity contribution is -0.384. The van der Waals surface area contributed by atoms with E-state index in [4.69, 9.17) is 9.47 Å². The molecule has 3 aromatic carbocycles. The first-order valence-corrected chi connectivity index (χ1v) is 8.26. The summed E-state index contributed by atoms with van der Waals surface area (Å²) in [5, 5.41) is 15.0. The second-order valence-corrected chi connectivity index (χ2v) is 5.83. The molecule has 3 rings (SSSR count). The first-order valence-electron chi connectivity index (χ1n) is 8.26. The molecule has 0 bridgehead atoms. The number of hydrogen-bond acceptors (Lipinski definition) is 6. The van der Waals surface area contributed by atoms with Gasteiger partial charge < -0.3 is 14.8 Å². The van der Waals surface area contributed by atoms with Crippen molar-refractivity contribution in [3.8, 4) is 5.75 Å². The van der Waals surface area contributed by atoms with Crippen LogP contribution in [0.2, 0.25) is 0 Å². The largest absolute Gasteiger partial charge is 0.496 e. The number of rotatable bonds is 6. The standard InChI is InChI=1S/C20H16N2O6/c1-27-18-10-14-6-3-2-5-13(14)9-17(18)20(24)28-12-19(23)21-15-7-4-8-16(11-15)22(25)26/h2-11H,12H2,1H3,(H,21,23). The van der Waals surface area contributed by atoms with Crippen LogP contribution < -0.4 is 10.1 Å². The van der Waals surface area contributed by atoms with Gasteiger partial charge in [-0.3, -0.25) is 14.9 Å². The molecule has 142 valence electrons. The maximum Gasteiger partial charge on any atom is 0.342 e. The van der Waals surface area contributed by atoms with Crippen LogP contribution in [-0.4, -0.2) is 30.5 Å². The maximum atomic E-state index is 12.4. The number of nitrogens with zero attached hydrogens (tertiary/aromatic N) is 1. The van der Waals surface area contributed by atoms with E-state index in [1.165, 1.54) is 31.4 Å². The molecule has 0 saturated heterocycles. The zero-order valence-corrected chi connectivity index (χ0v) is 14.9. The number of carbonyl (C=O) groups excluding carboxylic acids is 2. The van der Waals surface area contributed by atoms with E-state index in [-0.39, 0.29) is 16.9 Å². The summed E-state index contributed by atoms with van der Waals surface area (Å²) in [6, 6.07) is 16.3. The van der Waals surface area contributed by atoms with Crippen molar-refractivity contribution < 1.29 is 24.0 Å². The Bertz CT molecular complexity index is 1060. The van der Waals surface area contributed by atoms with Gasteiger partial charge in [0.2, 0.25) is 0 Å². The molecular formula is C20H16N2O6. The summed E-state index contributed by atoms with van der Waals surface area (Å²) in [7, 11) is 1.44. The molecule has 0 saturated carbocycles. The Kier molecular flexibility index (Phi) is 5.50. The lowest BCUT2D eigenvalue weighted by Crippen LogP contribution is -2.21. The Morgan fingerprint density at radius 3 is 2.43 bits per heavy atom. The van der Waals surface area contributed by atoms with Crippen molar-refractivity contribution in [2.45, 2.75) is 0 Å². The number of nitrogens with one attached hydrogen (secondary N) is 1. The fraction of sp³-hybridized carbons (Fsp3) is 0.100. The van der Waals surface area contributed by atoms with Gasteiger partial charge in [-0.05, 0) is 29.0 Å².